The van der Waals surface area contributed by atoms with E-state index < -0.39 is 5.60 Å². The van der Waals surface area contributed by atoms with Gasteiger partial charge in [-0.3, -0.25) is 0 Å². The van der Waals surface area contributed by atoms with Crippen molar-refractivity contribution in [2.45, 2.75) is 32.9 Å². The summed E-state index contributed by atoms with van der Waals surface area (Å²) in [4.78, 5) is 8.67. The summed E-state index contributed by atoms with van der Waals surface area (Å²) in [6, 6.07) is 10.8. The zero-order chi connectivity index (χ0) is 20.8. The number of nitrogens with two attached hydrogens (primary N) is 1. The molecule has 0 amide bonds. The number of aliphatic hydroxyl groups is 1. The normalized spacial score (nSPS) is 11.9. The molecular weight excluding hydrogens is 370 g/mol. The number of pyridine rings is 1. The average Bonchev–Trinajstić information content (AvgIpc) is 3.11. The summed E-state index contributed by atoms with van der Waals surface area (Å²) in [7, 11) is 0. The minimum absolute atomic E-state index is 0.159. The van der Waals surface area contributed by atoms with Gasteiger partial charge in [0, 0.05) is 17.5 Å². The zero-order valence-electron chi connectivity index (χ0n) is 16.4. The number of aromatic nitrogens is 6. The highest BCUT2D eigenvalue weighted by Crippen LogP contribution is 2.27. The number of para-hydroxylation sites is 1. The van der Waals surface area contributed by atoms with E-state index in [2.05, 4.69) is 20.3 Å². The molecule has 0 aliphatic heterocycles. The third-order valence-electron chi connectivity index (χ3n) is 4.70. The van der Waals surface area contributed by atoms with Crippen molar-refractivity contribution in [1.29, 1.82) is 0 Å². The molecule has 0 unspecified atom stereocenters. The standard InChI is InChI=1S/C20H21N7O2/c1-12-6-4-8-14-17(12)22-19(21)23-18(14)15-11-26(25-24-15)10-13-7-5-9-16(27(13)29)20(2,3)28/h4-9,11,28H,10H2,1-3H3,(H2,21,22,23). The van der Waals surface area contributed by atoms with E-state index in [-0.39, 0.29) is 18.2 Å². The van der Waals surface area contributed by atoms with Crippen LogP contribution in [0.2, 0.25) is 0 Å². The molecule has 1 aromatic carbocycles. The number of nitrogen functional groups attached to an aromatic ring is 1. The number of hydrogen-bond acceptors (Lipinski definition) is 7. The molecular formula is C20H21N7O2. The lowest BCUT2D eigenvalue weighted by molar-refractivity contribution is -0.630. The Balaban J connectivity index is 1.73. The van der Waals surface area contributed by atoms with Crippen molar-refractivity contribution in [3.8, 4) is 11.4 Å². The van der Waals surface area contributed by atoms with Crippen LogP contribution >= 0.6 is 0 Å². The average molecular weight is 391 g/mol. The molecule has 148 valence electrons. The highest BCUT2D eigenvalue weighted by molar-refractivity contribution is 5.93. The Bertz CT molecular complexity index is 1210. The van der Waals surface area contributed by atoms with Gasteiger partial charge in [-0.05, 0) is 32.4 Å². The summed E-state index contributed by atoms with van der Waals surface area (Å²) in [5.41, 5.74) is 8.21. The predicted molar refractivity (Wildman–Crippen MR) is 107 cm³/mol. The number of aryl methyl sites for hydroxylation is 1. The first-order valence-electron chi connectivity index (χ1n) is 9.11. The number of hydrogen-bond donors (Lipinski definition) is 2. The lowest BCUT2D eigenvalue weighted by Gasteiger charge is -2.18. The molecule has 0 radical (unpaired) electrons. The van der Waals surface area contributed by atoms with Gasteiger partial charge in [-0.1, -0.05) is 23.4 Å². The van der Waals surface area contributed by atoms with Crippen molar-refractivity contribution in [2.24, 2.45) is 0 Å². The molecule has 3 aromatic heterocycles. The van der Waals surface area contributed by atoms with E-state index in [4.69, 9.17) is 5.73 Å². The molecule has 0 spiro atoms. The molecule has 9 heteroatoms. The molecule has 0 atom stereocenters. The van der Waals surface area contributed by atoms with Crippen LogP contribution in [-0.4, -0.2) is 30.1 Å². The van der Waals surface area contributed by atoms with Crippen molar-refractivity contribution < 1.29 is 9.84 Å². The SMILES string of the molecule is Cc1cccc2c(-c3cn(Cc4cccc(C(C)(C)O)[n+]4[O-])nn3)nc(N)nc12. The van der Waals surface area contributed by atoms with Gasteiger partial charge in [0.25, 0.3) is 0 Å². The van der Waals surface area contributed by atoms with Crippen LogP contribution in [0, 0.1) is 12.1 Å². The fraction of sp³-hybridized carbons (Fsp3) is 0.250. The number of fused-ring (bicyclic) bond motifs is 1. The topological polar surface area (TPSA) is 130 Å². The highest BCUT2D eigenvalue weighted by Gasteiger charge is 2.27. The van der Waals surface area contributed by atoms with Gasteiger partial charge in [0.2, 0.25) is 17.3 Å². The minimum atomic E-state index is -1.25. The van der Waals surface area contributed by atoms with Gasteiger partial charge in [0.1, 0.15) is 23.5 Å². The number of rotatable bonds is 4. The summed E-state index contributed by atoms with van der Waals surface area (Å²) < 4.78 is 2.27. The molecule has 29 heavy (non-hydrogen) atoms. The molecule has 3 heterocycles. The molecule has 3 N–H and O–H groups in total. The van der Waals surface area contributed by atoms with E-state index in [1.54, 1.807) is 42.9 Å². The van der Waals surface area contributed by atoms with Crippen LogP contribution in [0.3, 0.4) is 0 Å². The van der Waals surface area contributed by atoms with E-state index in [0.29, 0.717) is 17.1 Å². The quantitative estimate of drug-likeness (QED) is 0.400. The van der Waals surface area contributed by atoms with Gasteiger partial charge in [-0.25, -0.2) is 14.6 Å². The predicted octanol–water partition coefficient (Wildman–Crippen LogP) is 1.69. The van der Waals surface area contributed by atoms with Crippen molar-refractivity contribution in [2.75, 3.05) is 5.73 Å². The second kappa shape index (κ2) is 6.78. The Kier molecular flexibility index (Phi) is 4.39. The summed E-state index contributed by atoms with van der Waals surface area (Å²) in [5, 5.41) is 32.0. The molecule has 0 aliphatic carbocycles. The maximum atomic E-state index is 12.6. The van der Waals surface area contributed by atoms with Gasteiger partial charge in [-0.15, -0.1) is 5.10 Å². The maximum absolute atomic E-state index is 12.6. The minimum Gasteiger partial charge on any atom is -0.618 e. The Hall–Kier alpha value is -3.59. The Morgan fingerprint density at radius 1 is 1.17 bits per heavy atom. The molecule has 0 fully saturated rings. The van der Waals surface area contributed by atoms with E-state index >= 15 is 0 Å². The lowest BCUT2D eigenvalue weighted by atomic mass is 10.0. The third kappa shape index (κ3) is 3.47. The van der Waals surface area contributed by atoms with Gasteiger partial charge in [0.15, 0.2) is 0 Å². The van der Waals surface area contributed by atoms with Gasteiger partial charge in [-0.2, -0.15) is 4.73 Å². The monoisotopic (exact) mass is 391 g/mol. The number of nitrogens with zero attached hydrogens (tertiary/aromatic N) is 6. The van der Waals surface area contributed by atoms with Crippen LogP contribution in [-0.2, 0) is 12.1 Å². The van der Waals surface area contributed by atoms with E-state index in [9.17, 15) is 10.3 Å². The molecule has 0 saturated heterocycles. The molecule has 4 rings (SSSR count). The Morgan fingerprint density at radius 3 is 2.69 bits per heavy atom. The van der Waals surface area contributed by atoms with Crippen LogP contribution in [0.15, 0.2) is 42.6 Å². The first kappa shape index (κ1) is 18.8. The summed E-state index contributed by atoms with van der Waals surface area (Å²) in [6.45, 7) is 5.29. The smallest absolute Gasteiger partial charge is 0.224 e. The fourth-order valence-electron chi connectivity index (χ4n) is 3.27. The highest BCUT2D eigenvalue weighted by atomic mass is 16.5. The Morgan fingerprint density at radius 2 is 1.93 bits per heavy atom. The van der Waals surface area contributed by atoms with Crippen molar-refractivity contribution in [1.82, 2.24) is 25.0 Å². The fourth-order valence-corrected chi connectivity index (χ4v) is 3.27. The van der Waals surface area contributed by atoms with E-state index in [1.807, 2.05) is 25.1 Å². The van der Waals surface area contributed by atoms with E-state index in [1.165, 1.54) is 0 Å². The van der Waals surface area contributed by atoms with Gasteiger partial charge in [0.05, 0.1) is 11.7 Å². The summed E-state index contributed by atoms with van der Waals surface area (Å²) >= 11 is 0. The van der Waals surface area contributed by atoms with Crippen LogP contribution in [0.25, 0.3) is 22.3 Å². The lowest BCUT2D eigenvalue weighted by Crippen LogP contribution is -2.43. The van der Waals surface area contributed by atoms with Crippen molar-refractivity contribution in [3.05, 3.63) is 64.8 Å². The molecule has 9 nitrogen and oxygen atoms in total. The molecule has 4 aromatic rings. The van der Waals surface area contributed by atoms with Crippen LogP contribution < -0.4 is 10.5 Å². The summed E-state index contributed by atoms with van der Waals surface area (Å²) in [5.74, 6) is 0.159. The van der Waals surface area contributed by atoms with E-state index in [0.717, 1.165) is 21.2 Å². The van der Waals surface area contributed by atoms with Crippen molar-refractivity contribution >= 4 is 16.9 Å². The largest absolute Gasteiger partial charge is 0.618 e. The van der Waals surface area contributed by atoms with Crippen molar-refractivity contribution in [3.63, 3.8) is 0 Å². The molecule has 0 saturated carbocycles. The van der Waals surface area contributed by atoms with Crippen LogP contribution in [0.4, 0.5) is 5.95 Å². The number of anilines is 1. The number of benzene rings is 1. The van der Waals surface area contributed by atoms with Crippen LogP contribution in [0.1, 0.15) is 30.8 Å². The zero-order valence-corrected chi connectivity index (χ0v) is 16.4. The first-order chi connectivity index (χ1) is 13.7. The van der Waals surface area contributed by atoms with Gasteiger partial charge >= 0.3 is 0 Å². The van der Waals surface area contributed by atoms with Crippen LogP contribution in [0.5, 0.6) is 0 Å². The maximum Gasteiger partial charge on any atom is 0.224 e. The molecule has 0 bridgehead atoms. The first-order valence-corrected chi connectivity index (χ1v) is 9.11. The second-order valence-electron chi connectivity index (χ2n) is 7.46. The Labute approximate surface area is 167 Å². The third-order valence-corrected chi connectivity index (χ3v) is 4.70. The van der Waals surface area contributed by atoms with Gasteiger partial charge < -0.3 is 16.0 Å². The second-order valence-corrected chi connectivity index (χ2v) is 7.46. The summed E-state index contributed by atoms with van der Waals surface area (Å²) in [6.07, 6.45) is 1.71. The molecule has 0 aliphatic rings.